The lowest BCUT2D eigenvalue weighted by Gasteiger charge is -2.17. The van der Waals surface area contributed by atoms with Crippen LogP contribution in [0, 0.1) is 0 Å². The molecular formula is C20H16N4O2. The summed E-state index contributed by atoms with van der Waals surface area (Å²) in [4.78, 5) is 26.2. The average molecular weight is 344 g/mol. The molecule has 2 amide bonds. The van der Waals surface area contributed by atoms with Crippen molar-refractivity contribution < 1.29 is 9.59 Å². The molecular weight excluding hydrogens is 328 g/mol. The molecule has 0 atom stereocenters. The van der Waals surface area contributed by atoms with Crippen LogP contribution in [0.2, 0.25) is 0 Å². The van der Waals surface area contributed by atoms with Gasteiger partial charge >= 0.3 is 0 Å². The van der Waals surface area contributed by atoms with E-state index in [1.165, 1.54) is 4.90 Å². The van der Waals surface area contributed by atoms with Crippen molar-refractivity contribution in [3.05, 3.63) is 78.5 Å². The van der Waals surface area contributed by atoms with Gasteiger partial charge in [0, 0.05) is 28.7 Å². The number of aromatic nitrogens is 2. The highest BCUT2D eigenvalue weighted by molar-refractivity contribution is 6.11. The van der Waals surface area contributed by atoms with Gasteiger partial charge in [0.25, 0.3) is 5.91 Å². The van der Waals surface area contributed by atoms with E-state index in [9.17, 15) is 9.59 Å². The first-order chi connectivity index (χ1) is 12.6. The molecule has 0 unspecified atom stereocenters. The van der Waals surface area contributed by atoms with Crippen molar-refractivity contribution in [2.24, 2.45) is 0 Å². The maximum Gasteiger partial charge on any atom is 0.259 e. The van der Waals surface area contributed by atoms with E-state index in [4.69, 9.17) is 0 Å². The van der Waals surface area contributed by atoms with Gasteiger partial charge in [0.2, 0.25) is 5.91 Å². The summed E-state index contributed by atoms with van der Waals surface area (Å²) in [5.74, 6) is -0.475. The standard InChI is InChI=1S/C20H16N4O2/c1-13-16-4-2-3-5-17(16)20(26)24(13)12-19(25)22-15-8-6-14(7-9-15)18-10-11-21-23-18/h2-11H,1,12H2,(H,21,23)(H,22,25). The van der Waals surface area contributed by atoms with E-state index in [1.807, 2.05) is 42.5 Å². The zero-order valence-electron chi connectivity index (χ0n) is 13.9. The molecule has 2 heterocycles. The fourth-order valence-electron chi connectivity index (χ4n) is 3.00. The molecule has 4 rings (SSSR count). The molecule has 2 N–H and O–H groups in total. The maximum atomic E-state index is 12.4. The number of hydrogen-bond acceptors (Lipinski definition) is 3. The SMILES string of the molecule is C=C1c2ccccc2C(=O)N1CC(=O)Nc1ccc(-c2ccn[nH]2)cc1. The molecule has 0 fully saturated rings. The van der Waals surface area contributed by atoms with Gasteiger partial charge in [-0.25, -0.2) is 0 Å². The molecule has 6 heteroatoms. The lowest BCUT2D eigenvalue weighted by Crippen LogP contribution is -2.32. The molecule has 26 heavy (non-hydrogen) atoms. The molecule has 0 saturated carbocycles. The minimum absolute atomic E-state index is 0.0748. The summed E-state index contributed by atoms with van der Waals surface area (Å²) < 4.78 is 0. The topological polar surface area (TPSA) is 78.1 Å². The first kappa shape index (κ1) is 15.8. The van der Waals surface area contributed by atoms with E-state index in [0.29, 0.717) is 16.9 Å². The summed E-state index contributed by atoms with van der Waals surface area (Å²) in [5, 5.41) is 9.62. The fraction of sp³-hybridized carbons (Fsp3) is 0.0500. The minimum Gasteiger partial charge on any atom is -0.325 e. The van der Waals surface area contributed by atoms with Gasteiger partial charge in [-0.1, -0.05) is 36.9 Å². The monoisotopic (exact) mass is 344 g/mol. The molecule has 0 saturated heterocycles. The van der Waals surface area contributed by atoms with Crippen LogP contribution in [-0.2, 0) is 4.79 Å². The van der Waals surface area contributed by atoms with E-state index in [-0.39, 0.29) is 18.4 Å². The van der Waals surface area contributed by atoms with Gasteiger partial charge in [0.15, 0.2) is 0 Å². The number of carbonyl (C=O) groups is 2. The summed E-state index contributed by atoms with van der Waals surface area (Å²) in [6.07, 6.45) is 1.68. The predicted molar refractivity (Wildman–Crippen MR) is 99.2 cm³/mol. The number of fused-ring (bicyclic) bond motifs is 1. The van der Waals surface area contributed by atoms with Crippen LogP contribution in [-0.4, -0.2) is 33.5 Å². The van der Waals surface area contributed by atoms with Crippen LogP contribution in [0.15, 0.2) is 67.4 Å². The van der Waals surface area contributed by atoms with Crippen molar-refractivity contribution in [3.8, 4) is 11.3 Å². The number of amides is 2. The quantitative estimate of drug-likeness (QED) is 0.763. The van der Waals surface area contributed by atoms with E-state index in [2.05, 4.69) is 22.1 Å². The third kappa shape index (κ3) is 2.77. The minimum atomic E-state index is -0.276. The number of benzene rings is 2. The molecule has 6 nitrogen and oxygen atoms in total. The molecule has 0 radical (unpaired) electrons. The lowest BCUT2D eigenvalue weighted by molar-refractivity contribution is -0.116. The van der Waals surface area contributed by atoms with Crippen LogP contribution in [0.5, 0.6) is 0 Å². The van der Waals surface area contributed by atoms with Crippen molar-refractivity contribution in [1.29, 1.82) is 0 Å². The number of aromatic amines is 1. The number of rotatable bonds is 4. The molecule has 1 aliphatic rings. The van der Waals surface area contributed by atoms with Crippen molar-refractivity contribution in [2.45, 2.75) is 0 Å². The summed E-state index contributed by atoms with van der Waals surface area (Å²) in [5.41, 5.74) is 4.44. The molecule has 128 valence electrons. The summed E-state index contributed by atoms with van der Waals surface area (Å²) in [7, 11) is 0. The van der Waals surface area contributed by atoms with Gasteiger partial charge in [0.1, 0.15) is 6.54 Å². The highest BCUT2D eigenvalue weighted by Crippen LogP contribution is 2.30. The Morgan fingerprint density at radius 1 is 1.08 bits per heavy atom. The summed E-state index contributed by atoms with van der Waals surface area (Å²) in [6, 6.07) is 16.5. The third-order valence-electron chi connectivity index (χ3n) is 4.32. The molecule has 0 aliphatic carbocycles. The molecule has 1 aliphatic heterocycles. The van der Waals surface area contributed by atoms with Crippen molar-refractivity contribution >= 4 is 23.2 Å². The molecule has 3 aromatic rings. The number of carbonyl (C=O) groups excluding carboxylic acids is 2. The second-order valence-corrected chi connectivity index (χ2v) is 5.98. The number of anilines is 1. The molecule has 0 spiro atoms. The van der Waals surface area contributed by atoms with Gasteiger partial charge in [-0.15, -0.1) is 0 Å². The van der Waals surface area contributed by atoms with Crippen molar-refractivity contribution in [2.75, 3.05) is 11.9 Å². The smallest absolute Gasteiger partial charge is 0.259 e. The Bertz CT molecular complexity index is 956. The van der Waals surface area contributed by atoms with Crippen molar-refractivity contribution in [1.82, 2.24) is 15.1 Å². The van der Waals surface area contributed by atoms with Gasteiger partial charge in [-0.05, 0) is 29.8 Å². The lowest BCUT2D eigenvalue weighted by atomic mass is 10.1. The van der Waals surface area contributed by atoms with E-state index in [1.54, 1.807) is 18.3 Å². The highest BCUT2D eigenvalue weighted by Gasteiger charge is 2.31. The Hall–Kier alpha value is -3.67. The Morgan fingerprint density at radius 3 is 2.46 bits per heavy atom. The first-order valence-electron chi connectivity index (χ1n) is 8.13. The zero-order valence-corrected chi connectivity index (χ0v) is 13.9. The van der Waals surface area contributed by atoms with E-state index < -0.39 is 0 Å². The number of H-pyrrole nitrogens is 1. The second-order valence-electron chi connectivity index (χ2n) is 5.98. The van der Waals surface area contributed by atoms with E-state index in [0.717, 1.165) is 16.8 Å². The second kappa shape index (κ2) is 6.33. The predicted octanol–water partition coefficient (Wildman–Crippen LogP) is 3.14. The van der Waals surface area contributed by atoms with Gasteiger partial charge < -0.3 is 5.32 Å². The number of nitrogens with one attached hydrogen (secondary N) is 2. The van der Waals surface area contributed by atoms with Crippen LogP contribution in [0.3, 0.4) is 0 Å². The summed E-state index contributed by atoms with van der Waals surface area (Å²) >= 11 is 0. The van der Waals surface area contributed by atoms with E-state index >= 15 is 0 Å². The molecule has 0 bridgehead atoms. The Balaban J connectivity index is 1.43. The van der Waals surface area contributed by atoms with Crippen LogP contribution < -0.4 is 5.32 Å². The first-order valence-corrected chi connectivity index (χ1v) is 8.13. The Labute approximate surface area is 150 Å². The van der Waals surface area contributed by atoms with Crippen LogP contribution in [0.1, 0.15) is 15.9 Å². The normalized spacial score (nSPS) is 13.0. The maximum absolute atomic E-state index is 12.4. The number of hydrogen-bond donors (Lipinski definition) is 2. The number of nitrogens with zero attached hydrogens (tertiary/aromatic N) is 2. The average Bonchev–Trinajstić information content (AvgIpc) is 3.27. The summed E-state index contributed by atoms with van der Waals surface area (Å²) in [6.45, 7) is 3.87. The van der Waals surface area contributed by atoms with Crippen LogP contribution in [0.25, 0.3) is 17.0 Å². The fourth-order valence-corrected chi connectivity index (χ4v) is 3.00. The third-order valence-corrected chi connectivity index (χ3v) is 4.32. The van der Waals surface area contributed by atoms with Gasteiger partial charge in [0.05, 0.1) is 5.69 Å². The van der Waals surface area contributed by atoms with Crippen LogP contribution in [0.4, 0.5) is 5.69 Å². The van der Waals surface area contributed by atoms with Crippen LogP contribution >= 0.6 is 0 Å². The molecule has 1 aromatic heterocycles. The van der Waals surface area contributed by atoms with Crippen molar-refractivity contribution in [3.63, 3.8) is 0 Å². The van der Waals surface area contributed by atoms with Gasteiger partial charge in [-0.3, -0.25) is 19.6 Å². The Kier molecular flexibility index (Phi) is 3.85. The highest BCUT2D eigenvalue weighted by atomic mass is 16.2. The van der Waals surface area contributed by atoms with Gasteiger partial charge in [-0.2, -0.15) is 5.10 Å². The zero-order chi connectivity index (χ0) is 18.1. The molecule has 2 aromatic carbocycles. The Morgan fingerprint density at radius 2 is 1.81 bits per heavy atom. The largest absolute Gasteiger partial charge is 0.325 e.